The monoisotopic (exact) mass is 295 g/mol. The van der Waals surface area contributed by atoms with Crippen molar-refractivity contribution < 1.29 is 4.74 Å². The smallest absolute Gasteiger partial charge is 0.137 e. The first-order valence-electron chi connectivity index (χ1n) is 5.84. The number of nitrogens with two attached hydrogens (primary N) is 1. The second-order valence-corrected chi connectivity index (χ2v) is 5.41. The molecule has 0 aliphatic rings. The molecule has 0 fully saturated rings. The van der Waals surface area contributed by atoms with Crippen molar-refractivity contribution >= 4 is 23.2 Å². The maximum absolute atomic E-state index is 6.44. The zero-order valence-electron chi connectivity index (χ0n) is 10.8. The quantitative estimate of drug-likeness (QED) is 0.920. The highest BCUT2D eigenvalue weighted by atomic mass is 35.5. The van der Waals surface area contributed by atoms with Crippen LogP contribution in [0.2, 0.25) is 10.0 Å². The zero-order valence-corrected chi connectivity index (χ0v) is 12.3. The van der Waals surface area contributed by atoms with Crippen molar-refractivity contribution in [2.45, 2.75) is 12.5 Å². The van der Waals surface area contributed by atoms with Crippen LogP contribution in [0.15, 0.2) is 42.5 Å². The average molecular weight is 296 g/mol. The lowest BCUT2D eigenvalue weighted by molar-refractivity contribution is 0.413. The third-order valence-corrected chi connectivity index (χ3v) is 3.72. The molecule has 0 spiro atoms. The molecular weight excluding hydrogens is 281 g/mol. The molecule has 2 N–H and O–H groups in total. The molecular formula is C15H15Cl2NO. The number of ether oxygens (including phenoxy) is 1. The Morgan fingerprint density at radius 3 is 2.37 bits per heavy atom. The summed E-state index contributed by atoms with van der Waals surface area (Å²) in [6.07, 6.45) is 0. The van der Waals surface area contributed by atoms with Crippen LogP contribution in [0.1, 0.15) is 18.1 Å². The van der Waals surface area contributed by atoms with Gasteiger partial charge >= 0.3 is 0 Å². The third-order valence-electron chi connectivity index (χ3n) is 3.18. The van der Waals surface area contributed by atoms with E-state index in [1.807, 2.05) is 43.3 Å². The Kier molecular flexibility index (Phi) is 4.04. The molecule has 0 heterocycles. The Bertz CT molecular complexity index is 596. The highest BCUT2D eigenvalue weighted by molar-refractivity contribution is 6.32. The lowest BCUT2D eigenvalue weighted by atomic mass is 9.85. The van der Waals surface area contributed by atoms with E-state index in [2.05, 4.69) is 0 Å². The van der Waals surface area contributed by atoms with Crippen LogP contribution < -0.4 is 10.5 Å². The maximum Gasteiger partial charge on any atom is 0.137 e. The molecule has 0 saturated carbocycles. The molecule has 0 saturated heterocycles. The second-order valence-electron chi connectivity index (χ2n) is 4.56. The van der Waals surface area contributed by atoms with Gasteiger partial charge in [0.25, 0.3) is 0 Å². The molecule has 4 heteroatoms. The molecule has 2 aromatic rings. The van der Waals surface area contributed by atoms with E-state index < -0.39 is 5.54 Å². The first-order valence-corrected chi connectivity index (χ1v) is 6.59. The number of hydrogen-bond donors (Lipinski definition) is 1. The first kappa shape index (κ1) is 14.2. The summed E-state index contributed by atoms with van der Waals surface area (Å²) in [5, 5.41) is 1.23. The van der Waals surface area contributed by atoms with Crippen molar-refractivity contribution in [2.24, 2.45) is 5.73 Å². The SMILES string of the molecule is COc1cc(C(C)(N)c2cccc(Cl)c2)ccc1Cl. The van der Waals surface area contributed by atoms with Gasteiger partial charge in [-0.3, -0.25) is 0 Å². The first-order chi connectivity index (χ1) is 8.95. The van der Waals surface area contributed by atoms with Gasteiger partial charge in [0.1, 0.15) is 5.75 Å². The number of methoxy groups -OCH3 is 1. The molecule has 0 aliphatic carbocycles. The molecule has 0 amide bonds. The molecule has 1 unspecified atom stereocenters. The number of halogens is 2. The number of hydrogen-bond acceptors (Lipinski definition) is 2. The fraction of sp³-hybridized carbons (Fsp3) is 0.200. The van der Waals surface area contributed by atoms with Crippen molar-refractivity contribution in [3.05, 3.63) is 63.6 Å². The molecule has 2 nitrogen and oxygen atoms in total. The molecule has 19 heavy (non-hydrogen) atoms. The summed E-state index contributed by atoms with van der Waals surface area (Å²) in [5.74, 6) is 0.609. The third kappa shape index (κ3) is 2.86. The van der Waals surface area contributed by atoms with Gasteiger partial charge in [-0.25, -0.2) is 0 Å². The van der Waals surface area contributed by atoms with Crippen molar-refractivity contribution in [2.75, 3.05) is 7.11 Å². The summed E-state index contributed by atoms with van der Waals surface area (Å²) in [6.45, 7) is 1.93. The Morgan fingerprint density at radius 2 is 1.74 bits per heavy atom. The van der Waals surface area contributed by atoms with Gasteiger partial charge in [-0.2, -0.15) is 0 Å². The van der Waals surface area contributed by atoms with E-state index in [9.17, 15) is 0 Å². The molecule has 1 atom stereocenters. The van der Waals surface area contributed by atoms with Gasteiger partial charge in [-0.05, 0) is 42.3 Å². The minimum absolute atomic E-state index is 0.563. The normalized spacial score (nSPS) is 13.9. The predicted molar refractivity (Wildman–Crippen MR) is 80.1 cm³/mol. The summed E-state index contributed by atoms with van der Waals surface area (Å²) in [4.78, 5) is 0. The topological polar surface area (TPSA) is 35.2 Å². The van der Waals surface area contributed by atoms with Crippen LogP contribution in [-0.4, -0.2) is 7.11 Å². The minimum atomic E-state index is -0.664. The molecule has 0 aromatic heterocycles. The molecule has 0 radical (unpaired) electrons. The van der Waals surface area contributed by atoms with Crippen LogP contribution in [-0.2, 0) is 5.54 Å². The van der Waals surface area contributed by atoms with E-state index in [1.54, 1.807) is 13.2 Å². The molecule has 0 aliphatic heterocycles. The minimum Gasteiger partial charge on any atom is -0.495 e. The van der Waals surface area contributed by atoms with Gasteiger partial charge in [0.15, 0.2) is 0 Å². The van der Waals surface area contributed by atoms with Crippen molar-refractivity contribution in [3.8, 4) is 5.75 Å². The molecule has 2 rings (SSSR count). The van der Waals surface area contributed by atoms with Crippen LogP contribution in [0, 0.1) is 0 Å². The van der Waals surface area contributed by atoms with Gasteiger partial charge in [0.2, 0.25) is 0 Å². The van der Waals surface area contributed by atoms with Crippen molar-refractivity contribution in [1.29, 1.82) is 0 Å². The molecule has 100 valence electrons. The highest BCUT2D eigenvalue weighted by Crippen LogP contribution is 2.33. The van der Waals surface area contributed by atoms with Gasteiger partial charge < -0.3 is 10.5 Å². The summed E-state index contributed by atoms with van der Waals surface area (Å²) in [7, 11) is 1.58. The molecule has 0 bridgehead atoms. The standard InChI is InChI=1S/C15H15Cl2NO/c1-15(18,10-4-3-5-12(16)8-10)11-6-7-13(17)14(9-11)19-2/h3-9H,18H2,1-2H3. The number of benzene rings is 2. The summed E-state index contributed by atoms with van der Waals surface area (Å²) in [5.41, 5.74) is 7.63. The van der Waals surface area contributed by atoms with Crippen molar-refractivity contribution in [3.63, 3.8) is 0 Å². The van der Waals surface area contributed by atoms with Crippen LogP contribution in [0.5, 0.6) is 5.75 Å². The van der Waals surface area contributed by atoms with Crippen LogP contribution in [0.3, 0.4) is 0 Å². The van der Waals surface area contributed by atoms with Crippen molar-refractivity contribution in [1.82, 2.24) is 0 Å². The van der Waals surface area contributed by atoms with Crippen LogP contribution >= 0.6 is 23.2 Å². The van der Waals surface area contributed by atoms with E-state index in [-0.39, 0.29) is 0 Å². The van der Waals surface area contributed by atoms with Gasteiger partial charge in [-0.15, -0.1) is 0 Å². The van der Waals surface area contributed by atoms with E-state index in [4.69, 9.17) is 33.7 Å². The zero-order chi connectivity index (χ0) is 14.0. The van der Waals surface area contributed by atoms with E-state index in [0.29, 0.717) is 15.8 Å². The van der Waals surface area contributed by atoms with Gasteiger partial charge in [0.05, 0.1) is 17.7 Å². The largest absolute Gasteiger partial charge is 0.495 e. The summed E-state index contributed by atoms with van der Waals surface area (Å²) < 4.78 is 5.23. The van der Waals surface area contributed by atoms with Crippen LogP contribution in [0.4, 0.5) is 0 Å². The highest BCUT2D eigenvalue weighted by Gasteiger charge is 2.24. The fourth-order valence-corrected chi connectivity index (χ4v) is 2.35. The van der Waals surface area contributed by atoms with Gasteiger partial charge in [0, 0.05) is 5.02 Å². The summed E-state index contributed by atoms with van der Waals surface area (Å²) in [6, 6.07) is 13.1. The molecule has 2 aromatic carbocycles. The fourth-order valence-electron chi connectivity index (χ4n) is 1.96. The average Bonchev–Trinajstić information content (AvgIpc) is 2.39. The Hall–Kier alpha value is -1.22. The van der Waals surface area contributed by atoms with Crippen LogP contribution in [0.25, 0.3) is 0 Å². The Labute approximate surface area is 123 Å². The van der Waals surface area contributed by atoms with E-state index in [1.165, 1.54) is 0 Å². The van der Waals surface area contributed by atoms with E-state index >= 15 is 0 Å². The maximum atomic E-state index is 6.44. The lowest BCUT2D eigenvalue weighted by Gasteiger charge is -2.26. The summed E-state index contributed by atoms with van der Waals surface area (Å²) >= 11 is 12.1. The Morgan fingerprint density at radius 1 is 1.05 bits per heavy atom. The number of rotatable bonds is 3. The Balaban J connectivity index is 2.49. The lowest BCUT2D eigenvalue weighted by Crippen LogP contribution is -2.34. The second kappa shape index (κ2) is 5.41. The predicted octanol–water partition coefficient (Wildman–Crippen LogP) is 4.22. The van der Waals surface area contributed by atoms with Gasteiger partial charge in [-0.1, -0.05) is 41.4 Å². The van der Waals surface area contributed by atoms with E-state index in [0.717, 1.165) is 11.1 Å².